The molecular formula is C12H13BrN4. The van der Waals surface area contributed by atoms with E-state index in [1.165, 1.54) is 12.8 Å². The fourth-order valence-corrected chi connectivity index (χ4v) is 2.01. The molecule has 2 aromatic rings. The van der Waals surface area contributed by atoms with Gasteiger partial charge in [0.25, 0.3) is 0 Å². The largest absolute Gasteiger partial charge is 0.308 e. The van der Waals surface area contributed by atoms with Crippen LogP contribution in [0, 0.1) is 0 Å². The highest BCUT2D eigenvalue weighted by Gasteiger charge is 2.20. The normalized spacial score (nSPS) is 15.1. The molecule has 2 aromatic heterocycles. The van der Waals surface area contributed by atoms with E-state index in [0.29, 0.717) is 6.04 Å². The molecule has 1 N–H and O–H groups in total. The molecule has 5 heteroatoms. The summed E-state index contributed by atoms with van der Waals surface area (Å²) in [6.07, 6.45) is 8.14. The van der Waals surface area contributed by atoms with Gasteiger partial charge in [-0.05, 0) is 40.9 Å². The molecule has 0 bridgehead atoms. The van der Waals surface area contributed by atoms with Crippen LogP contribution in [0.1, 0.15) is 18.5 Å². The molecule has 1 aliphatic rings. The number of hydrogen-bond acceptors (Lipinski definition) is 3. The van der Waals surface area contributed by atoms with Crippen molar-refractivity contribution in [2.24, 2.45) is 0 Å². The predicted octanol–water partition coefficient (Wildman–Crippen LogP) is 2.28. The van der Waals surface area contributed by atoms with E-state index in [1.807, 2.05) is 23.0 Å². The summed E-state index contributed by atoms with van der Waals surface area (Å²) in [4.78, 5) is 4.13. The monoisotopic (exact) mass is 292 g/mol. The Morgan fingerprint density at radius 2 is 2.29 bits per heavy atom. The second-order valence-corrected chi connectivity index (χ2v) is 5.18. The average molecular weight is 293 g/mol. The Kier molecular flexibility index (Phi) is 2.94. The molecule has 0 saturated heterocycles. The maximum atomic E-state index is 4.51. The van der Waals surface area contributed by atoms with Crippen molar-refractivity contribution in [3.05, 3.63) is 40.9 Å². The van der Waals surface area contributed by atoms with Crippen LogP contribution in [-0.4, -0.2) is 20.8 Å². The number of rotatable bonds is 4. The van der Waals surface area contributed by atoms with Crippen LogP contribution in [0.15, 0.2) is 35.2 Å². The van der Waals surface area contributed by atoms with E-state index >= 15 is 0 Å². The van der Waals surface area contributed by atoms with Gasteiger partial charge in [-0.15, -0.1) is 0 Å². The zero-order valence-corrected chi connectivity index (χ0v) is 10.9. The molecule has 1 aliphatic carbocycles. The summed E-state index contributed by atoms with van der Waals surface area (Å²) in [7, 11) is 0. The standard InChI is InChI=1S/C12H13BrN4/c13-9-5-12(8-14-6-9)17-4-3-11(16-17)7-15-10-1-2-10/h3-6,8,10,15H,1-2,7H2. The number of nitrogens with one attached hydrogen (secondary N) is 1. The Hall–Kier alpha value is -1.20. The van der Waals surface area contributed by atoms with Crippen LogP contribution in [0.3, 0.4) is 0 Å². The number of pyridine rings is 1. The first kappa shape index (κ1) is 10.9. The zero-order chi connectivity index (χ0) is 11.7. The Morgan fingerprint density at radius 3 is 3.06 bits per heavy atom. The number of aromatic nitrogens is 3. The van der Waals surface area contributed by atoms with Crippen molar-refractivity contribution in [2.45, 2.75) is 25.4 Å². The predicted molar refractivity (Wildman–Crippen MR) is 68.9 cm³/mol. The summed E-state index contributed by atoms with van der Waals surface area (Å²) in [5.74, 6) is 0. The number of nitrogens with zero attached hydrogens (tertiary/aromatic N) is 3. The van der Waals surface area contributed by atoms with Gasteiger partial charge in [-0.2, -0.15) is 5.10 Å². The van der Waals surface area contributed by atoms with Crippen molar-refractivity contribution in [3.8, 4) is 5.69 Å². The zero-order valence-electron chi connectivity index (χ0n) is 9.31. The minimum Gasteiger partial charge on any atom is -0.308 e. The van der Waals surface area contributed by atoms with Gasteiger partial charge in [0.05, 0.1) is 17.6 Å². The molecule has 0 radical (unpaired) electrons. The first-order valence-electron chi connectivity index (χ1n) is 5.70. The molecule has 0 spiro atoms. The van der Waals surface area contributed by atoms with E-state index in [2.05, 4.69) is 31.3 Å². The summed E-state index contributed by atoms with van der Waals surface area (Å²) in [5.41, 5.74) is 2.04. The van der Waals surface area contributed by atoms with Gasteiger partial charge < -0.3 is 5.32 Å². The second kappa shape index (κ2) is 4.58. The average Bonchev–Trinajstić information content (AvgIpc) is 3.04. The SMILES string of the molecule is Brc1cncc(-n2ccc(CNC3CC3)n2)c1. The third kappa shape index (κ3) is 2.73. The first-order valence-corrected chi connectivity index (χ1v) is 6.49. The minimum atomic E-state index is 0.715. The molecule has 88 valence electrons. The lowest BCUT2D eigenvalue weighted by Gasteiger charge is -2.01. The van der Waals surface area contributed by atoms with Crippen molar-refractivity contribution in [2.75, 3.05) is 0 Å². The Bertz CT molecular complexity index is 519. The van der Waals surface area contributed by atoms with Gasteiger partial charge in [0.2, 0.25) is 0 Å². The van der Waals surface area contributed by atoms with Gasteiger partial charge >= 0.3 is 0 Å². The number of hydrogen-bond donors (Lipinski definition) is 1. The molecule has 4 nitrogen and oxygen atoms in total. The third-order valence-electron chi connectivity index (χ3n) is 2.75. The summed E-state index contributed by atoms with van der Waals surface area (Å²) >= 11 is 3.41. The molecular weight excluding hydrogens is 280 g/mol. The Labute approximate surface area is 108 Å². The number of halogens is 1. The van der Waals surface area contributed by atoms with E-state index in [0.717, 1.165) is 22.4 Å². The summed E-state index contributed by atoms with van der Waals surface area (Å²) in [6, 6.07) is 4.75. The van der Waals surface area contributed by atoms with Crippen molar-refractivity contribution >= 4 is 15.9 Å². The van der Waals surface area contributed by atoms with Crippen LogP contribution in [0.2, 0.25) is 0 Å². The highest BCUT2D eigenvalue weighted by molar-refractivity contribution is 9.10. The third-order valence-corrected chi connectivity index (χ3v) is 3.18. The first-order chi connectivity index (χ1) is 8.31. The fourth-order valence-electron chi connectivity index (χ4n) is 1.66. The lowest BCUT2D eigenvalue weighted by molar-refractivity contribution is 0.664. The maximum absolute atomic E-state index is 4.51. The van der Waals surface area contributed by atoms with Gasteiger partial charge in [0.1, 0.15) is 0 Å². The van der Waals surface area contributed by atoms with E-state index in [-0.39, 0.29) is 0 Å². The van der Waals surface area contributed by atoms with E-state index < -0.39 is 0 Å². The van der Waals surface area contributed by atoms with E-state index in [4.69, 9.17) is 0 Å². The second-order valence-electron chi connectivity index (χ2n) is 4.27. The smallest absolute Gasteiger partial charge is 0.0840 e. The highest BCUT2D eigenvalue weighted by atomic mass is 79.9. The van der Waals surface area contributed by atoms with Gasteiger partial charge in [0.15, 0.2) is 0 Å². The quantitative estimate of drug-likeness (QED) is 0.940. The summed E-state index contributed by atoms with van der Waals surface area (Å²) in [5, 5.41) is 7.96. The van der Waals surface area contributed by atoms with Crippen molar-refractivity contribution in [1.29, 1.82) is 0 Å². The van der Waals surface area contributed by atoms with Gasteiger partial charge in [-0.25, -0.2) is 4.68 Å². The summed E-state index contributed by atoms with van der Waals surface area (Å²) in [6.45, 7) is 0.846. The molecule has 0 unspecified atom stereocenters. The van der Waals surface area contributed by atoms with Crippen LogP contribution in [0.4, 0.5) is 0 Å². The molecule has 0 atom stereocenters. The van der Waals surface area contributed by atoms with Gasteiger partial charge in [-0.1, -0.05) is 0 Å². The lowest BCUT2D eigenvalue weighted by Crippen LogP contribution is -2.15. The van der Waals surface area contributed by atoms with Gasteiger partial charge in [-0.3, -0.25) is 4.98 Å². The van der Waals surface area contributed by atoms with Crippen LogP contribution in [0.5, 0.6) is 0 Å². The molecule has 0 amide bonds. The molecule has 1 saturated carbocycles. The van der Waals surface area contributed by atoms with Gasteiger partial charge in [0, 0.05) is 29.5 Å². The molecule has 2 heterocycles. The van der Waals surface area contributed by atoms with Crippen molar-refractivity contribution in [3.63, 3.8) is 0 Å². The van der Waals surface area contributed by atoms with Crippen molar-refractivity contribution in [1.82, 2.24) is 20.1 Å². The van der Waals surface area contributed by atoms with E-state index in [1.54, 1.807) is 12.4 Å². The molecule has 17 heavy (non-hydrogen) atoms. The topological polar surface area (TPSA) is 42.7 Å². The fraction of sp³-hybridized carbons (Fsp3) is 0.333. The minimum absolute atomic E-state index is 0.715. The Morgan fingerprint density at radius 1 is 1.41 bits per heavy atom. The van der Waals surface area contributed by atoms with E-state index in [9.17, 15) is 0 Å². The van der Waals surface area contributed by atoms with Crippen LogP contribution < -0.4 is 5.32 Å². The molecule has 0 aromatic carbocycles. The summed E-state index contributed by atoms with van der Waals surface area (Å²) < 4.78 is 2.81. The van der Waals surface area contributed by atoms with Crippen molar-refractivity contribution < 1.29 is 0 Å². The van der Waals surface area contributed by atoms with Crippen LogP contribution in [0.25, 0.3) is 5.69 Å². The van der Waals surface area contributed by atoms with Crippen LogP contribution in [-0.2, 0) is 6.54 Å². The lowest BCUT2D eigenvalue weighted by atomic mass is 10.4. The Balaban J connectivity index is 1.74. The maximum Gasteiger partial charge on any atom is 0.0840 e. The molecule has 3 rings (SSSR count). The highest BCUT2D eigenvalue weighted by Crippen LogP contribution is 2.19. The molecule has 1 fully saturated rings. The van der Waals surface area contributed by atoms with Crippen LogP contribution >= 0.6 is 15.9 Å². The molecule has 0 aliphatic heterocycles.